The minimum Gasteiger partial charge on any atom is -0.481 e. The van der Waals surface area contributed by atoms with E-state index in [1.165, 1.54) is 19.3 Å². The third kappa shape index (κ3) is 3.46. The van der Waals surface area contributed by atoms with Gasteiger partial charge in [-0.15, -0.1) is 0 Å². The van der Waals surface area contributed by atoms with Crippen molar-refractivity contribution in [3.8, 4) is 0 Å². The summed E-state index contributed by atoms with van der Waals surface area (Å²) in [5, 5.41) is 12.3. The van der Waals surface area contributed by atoms with Crippen LogP contribution in [0, 0.1) is 5.41 Å². The van der Waals surface area contributed by atoms with Crippen molar-refractivity contribution in [2.75, 3.05) is 26.7 Å². The first-order chi connectivity index (χ1) is 7.47. The number of likely N-dealkylation sites (tertiary alicyclic amines) is 1. The van der Waals surface area contributed by atoms with Crippen molar-refractivity contribution in [3.63, 3.8) is 0 Å². The summed E-state index contributed by atoms with van der Waals surface area (Å²) in [5.41, 5.74) is -0.649. The topological polar surface area (TPSA) is 52.6 Å². The van der Waals surface area contributed by atoms with Crippen LogP contribution >= 0.6 is 0 Å². The second-order valence-corrected chi connectivity index (χ2v) is 5.37. The number of piperidine rings is 1. The number of nitrogens with zero attached hydrogens (tertiary/aromatic N) is 1. The van der Waals surface area contributed by atoms with E-state index in [1.807, 2.05) is 7.05 Å². The molecule has 1 rings (SSSR count). The molecule has 0 aromatic heterocycles. The second kappa shape index (κ2) is 5.64. The van der Waals surface area contributed by atoms with Gasteiger partial charge >= 0.3 is 5.97 Å². The van der Waals surface area contributed by atoms with Crippen LogP contribution in [0.3, 0.4) is 0 Å². The summed E-state index contributed by atoms with van der Waals surface area (Å²) in [6, 6.07) is 0.498. The molecule has 1 atom stereocenters. The number of likely N-dealkylation sites (N-methyl/N-ethyl adjacent to an activating group) is 1. The Kier molecular flexibility index (Phi) is 4.74. The van der Waals surface area contributed by atoms with Gasteiger partial charge in [-0.25, -0.2) is 0 Å². The molecule has 0 aromatic rings. The van der Waals surface area contributed by atoms with Crippen molar-refractivity contribution in [1.29, 1.82) is 0 Å². The SMILES string of the molecule is CNCC1CCCCN1CC(C)(C)C(=O)O. The number of carboxylic acids is 1. The average Bonchev–Trinajstić information content (AvgIpc) is 2.20. The fourth-order valence-corrected chi connectivity index (χ4v) is 2.31. The van der Waals surface area contributed by atoms with E-state index in [-0.39, 0.29) is 0 Å². The normalized spacial score (nSPS) is 23.3. The number of carbonyl (C=O) groups is 1. The van der Waals surface area contributed by atoms with Gasteiger partial charge in [-0.3, -0.25) is 9.69 Å². The molecule has 0 bridgehead atoms. The molecule has 4 heteroatoms. The zero-order valence-corrected chi connectivity index (χ0v) is 10.6. The van der Waals surface area contributed by atoms with Gasteiger partial charge in [0.1, 0.15) is 0 Å². The zero-order valence-electron chi connectivity index (χ0n) is 10.6. The predicted molar refractivity (Wildman–Crippen MR) is 64.6 cm³/mol. The summed E-state index contributed by atoms with van der Waals surface area (Å²) in [6.45, 7) is 6.24. The van der Waals surface area contributed by atoms with Crippen LogP contribution in [0.1, 0.15) is 33.1 Å². The van der Waals surface area contributed by atoms with Crippen molar-refractivity contribution >= 4 is 5.97 Å². The molecule has 1 saturated heterocycles. The first-order valence-electron chi connectivity index (χ1n) is 6.09. The van der Waals surface area contributed by atoms with E-state index in [9.17, 15) is 4.79 Å². The van der Waals surface area contributed by atoms with Crippen molar-refractivity contribution < 1.29 is 9.90 Å². The molecular formula is C12H24N2O2. The third-order valence-corrected chi connectivity index (χ3v) is 3.37. The highest BCUT2D eigenvalue weighted by molar-refractivity contribution is 5.73. The Morgan fingerprint density at radius 1 is 1.50 bits per heavy atom. The fourth-order valence-electron chi connectivity index (χ4n) is 2.31. The molecule has 0 saturated carbocycles. The summed E-state index contributed by atoms with van der Waals surface area (Å²) in [7, 11) is 1.95. The van der Waals surface area contributed by atoms with Crippen molar-refractivity contribution in [1.82, 2.24) is 10.2 Å². The average molecular weight is 228 g/mol. The van der Waals surface area contributed by atoms with Crippen molar-refractivity contribution in [2.24, 2.45) is 5.41 Å². The van der Waals surface area contributed by atoms with Gasteiger partial charge in [-0.05, 0) is 40.3 Å². The molecular weight excluding hydrogens is 204 g/mol. The summed E-state index contributed by atoms with van der Waals surface area (Å²) < 4.78 is 0. The van der Waals surface area contributed by atoms with E-state index < -0.39 is 11.4 Å². The number of carboxylic acid groups (broad SMARTS) is 1. The molecule has 1 aliphatic rings. The van der Waals surface area contributed by atoms with Crippen LogP contribution < -0.4 is 5.32 Å². The summed E-state index contributed by atoms with van der Waals surface area (Å²) >= 11 is 0. The molecule has 0 spiro atoms. The second-order valence-electron chi connectivity index (χ2n) is 5.37. The Hall–Kier alpha value is -0.610. The number of nitrogens with one attached hydrogen (secondary N) is 1. The quantitative estimate of drug-likeness (QED) is 0.741. The lowest BCUT2D eigenvalue weighted by molar-refractivity contribution is -0.148. The lowest BCUT2D eigenvalue weighted by atomic mass is 9.90. The Morgan fingerprint density at radius 3 is 2.75 bits per heavy atom. The van der Waals surface area contributed by atoms with Gasteiger partial charge < -0.3 is 10.4 Å². The highest BCUT2D eigenvalue weighted by atomic mass is 16.4. The number of hydrogen-bond donors (Lipinski definition) is 2. The molecule has 4 nitrogen and oxygen atoms in total. The van der Waals surface area contributed by atoms with Crippen molar-refractivity contribution in [3.05, 3.63) is 0 Å². The van der Waals surface area contributed by atoms with Crippen LogP contribution in [0.25, 0.3) is 0 Å². The smallest absolute Gasteiger partial charge is 0.310 e. The van der Waals surface area contributed by atoms with Gasteiger partial charge in [0.25, 0.3) is 0 Å². The number of hydrogen-bond acceptors (Lipinski definition) is 3. The lowest BCUT2D eigenvalue weighted by Crippen LogP contribution is -2.50. The number of aliphatic carboxylic acids is 1. The first-order valence-corrected chi connectivity index (χ1v) is 6.09. The fraction of sp³-hybridized carbons (Fsp3) is 0.917. The van der Waals surface area contributed by atoms with E-state index in [1.54, 1.807) is 13.8 Å². The molecule has 16 heavy (non-hydrogen) atoms. The van der Waals surface area contributed by atoms with Gasteiger partial charge in [0.2, 0.25) is 0 Å². The number of rotatable bonds is 5. The Balaban J connectivity index is 2.58. The molecule has 94 valence electrons. The van der Waals surface area contributed by atoms with Crippen LogP contribution in [-0.4, -0.2) is 48.7 Å². The summed E-state index contributed by atoms with van der Waals surface area (Å²) in [6.07, 6.45) is 3.63. The largest absolute Gasteiger partial charge is 0.481 e. The third-order valence-electron chi connectivity index (χ3n) is 3.37. The van der Waals surface area contributed by atoms with E-state index in [4.69, 9.17) is 5.11 Å². The monoisotopic (exact) mass is 228 g/mol. The standard InChI is InChI=1S/C12H24N2O2/c1-12(2,11(15)16)9-14-7-5-4-6-10(14)8-13-3/h10,13H,4-9H2,1-3H3,(H,15,16). The van der Waals surface area contributed by atoms with Gasteiger partial charge in [0.15, 0.2) is 0 Å². The molecule has 1 unspecified atom stereocenters. The Labute approximate surface area is 98.0 Å². The van der Waals surface area contributed by atoms with E-state index in [2.05, 4.69) is 10.2 Å². The molecule has 1 heterocycles. The Bertz CT molecular complexity index is 239. The maximum atomic E-state index is 11.1. The van der Waals surface area contributed by atoms with E-state index in [0.717, 1.165) is 13.1 Å². The highest BCUT2D eigenvalue weighted by Gasteiger charge is 2.33. The van der Waals surface area contributed by atoms with E-state index in [0.29, 0.717) is 12.6 Å². The first kappa shape index (κ1) is 13.5. The maximum absolute atomic E-state index is 11.1. The zero-order chi connectivity index (χ0) is 12.2. The maximum Gasteiger partial charge on any atom is 0.310 e. The molecule has 0 amide bonds. The molecule has 2 N–H and O–H groups in total. The predicted octanol–water partition coefficient (Wildman–Crippen LogP) is 1.17. The summed E-state index contributed by atoms with van der Waals surface area (Å²) in [5.74, 6) is -0.707. The van der Waals surface area contributed by atoms with Gasteiger partial charge in [-0.2, -0.15) is 0 Å². The van der Waals surface area contributed by atoms with Crippen LogP contribution in [0.2, 0.25) is 0 Å². The van der Waals surface area contributed by atoms with Gasteiger partial charge in [-0.1, -0.05) is 6.42 Å². The van der Waals surface area contributed by atoms with Crippen molar-refractivity contribution in [2.45, 2.75) is 39.2 Å². The van der Waals surface area contributed by atoms with Crippen LogP contribution in [-0.2, 0) is 4.79 Å². The molecule has 1 fully saturated rings. The van der Waals surface area contributed by atoms with Gasteiger partial charge in [0.05, 0.1) is 5.41 Å². The van der Waals surface area contributed by atoms with Crippen LogP contribution in [0.4, 0.5) is 0 Å². The molecule has 0 aliphatic carbocycles. The lowest BCUT2D eigenvalue weighted by Gasteiger charge is -2.39. The van der Waals surface area contributed by atoms with Gasteiger partial charge in [0, 0.05) is 19.1 Å². The Morgan fingerprint density at radius 2 is 2.19 bits per heavy atom. The minimum atomic E-state index is -0.707. The van der Waals surface area contributed by atoms with Crippen LogP contribution in [0.15, 0.2) is 0 Å². The summed E-state index contributed by atoms with van der Waals surface area (Å²) in [4.78, 5) is 13.4. The molecule has 0 radical (unpaired) electrons. The van der Waals surface area contributed by atoms with E-state index >= 15 is 0 Å². The molecule has 0 aromatic carbocycles. The minimum absolute atomic E-state index is 0.498. The highest BCUT2D eigenvalue weighted by Crippen LogP contribution is 2.23. The molecule has 1 aliphatic heterocycles. The van der Waals surface area contributed by atoms with Crippen LogP contribution in [0.5, 0.6) is 0 Å².